The quantitative estimate of drug-likeness (QED) is 0.0444. The van der Waals surface area contributed by atoms with E-state index in [9.17, 15) is 9.90 Å². The molecule has 0 aromatic heterocycles. The molecule has 1 aliphatic rings. The van der Waals surface area contributed by atoms with Gasteiger partial charge in [0, 0.05) is 12.8 Å². The Morgan fingerprint density at radius 1 is 0.667 bits per heavy atom. The van der Waals surface area contributed by atoms with Gasteiger partial charge in [-0.3, -0.25) is 4.79 Å². The maximum atomic E-state index is 12.3. The van der Waals surface area contributed by atoms with Crippen molar-refractivity contribution in [2.45, 2.75) is 199 Å². The van der Waals surface area contributed by atoms with Crippen LogP contribution in [0.4, 0.5) is 0 Å². The summed E-state index contributed by atoms with van der Waals surface area (Å²) in [6, 6.07) is 0. The van der Waals surface area contributed by atoms with Crippen LogP contribution in [0.1, 0.15) is 194 Å². The van der Waals surface area contributed by atoms with E-state index in [0.29, 0.717) is 18.9 Å². The minimum Gasteiger partial charge on any atom is -0.478 e. The van der Waals surface area contributed by atoms with Crippen LogP contribution in [0.5, 0.6) is 0 Å². The van der Waals surface area contributed by atoms with E-state index in [-0.39, 0.29) is 19.2 Å². The largest absolute Gasteiger partial charge is 0.478 e. The van der Waals surface area contributed by atoms with Crippen molar-refractivity contribution in [2.75, 3.05) is 19.8 Å². The van der Waals surface area contributed by atoms with Crippen LogP contribution in [0.3, 0.4) is 0 Å². The minimum absolute atomic E-state index is 0.100. The van der Waals surface area contributed by atoms with E-state index in [0.717, 1.165) is 32.1 Å². The zero-order valence-electron chi connectivity index (χ0n) is 29.8. The van der Waals surface area contributed by atoms with E-state index in [1.165, 1.54) is 141 Å². The van der Waals surface area contributed by atoms with Gasteiger partial charge in [-0.2, -0.15) is 0 Å². The molecule has 1 aliphatic heterocycles. The van der Waals surface area contributed by atoms with Crippen LogP contribution in [-0.2, 0) is 14.3 Å². The number of esters is 1. The molecular weight excluding hydrogens is 558 g/mol. The summed E-state index contributed by atoms with van der Waals surface area (Å²) >= 11 is 0. The molecule has 5 nitrogen and oxygen atoms in total. The summed E-state index contributed by atoms with van der Waals surface area (Å²) < 4.78 is 11.3. The number of hydrogen-bond donors (Lipinski definition) is 1. The molecule has 0 bridgehead atoms. The number of allylic oxidation sites excluding steroid dienone is 4. The van der Waals surface area contributed by atoms with Gasteiger partial charge in [0.1, 0.15) is 13.2 Å². The summed E-state index contributed by atoms with van der Waals surface area (Å²) in [6.07, 6.45) is 43.4. The molecule has 1 heterocycles. The van der Waals surface area contributed by atoms with Crippen molar-refractivity contribution in [3.05, 3.63) is 24.3 Å². The Morgan fingerprint density at radius 3 is 1.56 bits per heavy atom. The molecule has 45 heavy (non-hydrogen) atoms. The number of rotatable bonds is 33. The number of carbonyl (C=O) groups is 1. The highest BCUT2D eigenvalue weighted by atomic mass is 16.5. The lowest BCUT2D eigenvalue weighted by Gasteiger charge is -2.20. The molecule has 0 fully saturated rings. The second-order valence-electron chi connectivity index (χ2n) is 13.5. The third kappa shape index (κ3) is 25.2. The summed E-state index contributed by atoms with van der Waals surface area (Å²) in [5, 5.41) is 9.98. The van der Waals surface area contributed by atoms with E-state index in [1.807, 2.05) is 0 Å². The lowest BCUT2D eigenvalue weighted by atomic mass is 10.1. The first-order valence-electron chi connectivity index (χ1n) is 19.4. The predicted octanol–water partition coefficient (Wildman–Crippen LogP) is 11.8. The van der Waals surface area contributed by atoms with Gasteiger partial charge in [0.2, 0.25) is 0 Å². The lowest BCUT2D eigenvalue weighted by Crippen LogP contribution is -2.39. The summed E-state index contributed by atoms with van der Waals surface area (Å²) in [5.74, 6) is 0.510. The molecule has 0 saturated heterocycles. The maximum Gasteiger partial charge on any atom is 0.305 e. The molecule has 0 spiro atoms. The normalized spacial score (nSPS) is 16.6. The Kier molecular flexibility index (Phi) is 28.5. The summed E-state index contributed by atoms with van der Waals surface area (Å²) in [4.78, 5) is 16.9. The fourth-order valence-electron chi connectivity index (χ4n) is 5.85. The van der Waals surface area contributed by atoms with Crippen LogP contribution in [0.15, 0.2) is 29.3 Å². The monoisotopic (exact) mass is 632 g/mol. The molecule has 0 radical (unpaired) electrons. The first-order valence-corrected chi connectivity index (χ1v) is 19.4. The molecule has 1 unspecified atom stereocenters. The number of nitrogens with zero attached hydrogens (tertiary/aromatic N) is 1. The van der Waals surface area contributed by atoms with Crippen molar-refractivity contribution in [2.24, 2.45) is 4.99 Å². The molecule has 0 amide bonds. The van der Waals surface area contributed by atoms with Crippen LogP contribution in [0.25, 0.3) is 0 Å². The number of hydrogen-bond acceptors (Lipinski definition) is 5. The van der Waals surface area contributed by atoms with Crippen molar-refractivity contribution in [3.8, 4) is 0 Å². The van der Waals surface area contributed by atoms with Crippen LogP contribution < -0.4 is 0 Å². The zero-order chi connectivity index (χ0) is 32.5. The Balaban J connectivity index is 1.99. The second kappa shape index (κ2) is 31.0. The van der Waals surface area contributed by atoms with Gasteiger partial charge in [-0.1, -0.05) is 141 Å². The molecule has 0 aromatic carbocycles. The van der Waals surface area contributed by atoms with Crippen molar-refractivity contribution in [1.29, 1.82) is 0 Å². The predicted molar refractivity (Wildman–Crippen MR) is 193 cm³/mol. The molecule has 262 valence electrons. The van der Waals surface area contributed by atoms with E-state index >= 15 is 0 Å². The number of ether oxygens (including phenoxy) is 2. The highest BCUT2D eigenvalue weighted by molar-refractivity contribution is 5.78. The highest BCUT2D eigenvalue weighted by Gasteiger charge is 2.37. The number of carbonyl (C=O) groups excluding carboxylic acids is 1. The van der Waals surface area contributed by atoms with Crippen molar-refractivity contribution in [1.82, 2.24) is 0 Å². The van der Waals surface area contributed by atoms with Crippen molar-refractivity contribution >= 4 is 11.9 Å². The first-order chi connectivity index (χ1) is 22.2. The van der Waals surface area contributed by atoms with Gasteiger partial charge >= 0.3 is 5.97 Å². The van der Waals surface area contributed by atoms with Gasteiger partial charge in [-0.15, -0.1) is 0 Å². The first kappa shape index (κ1) is 41.4. The molecule has 0 aliphatic carbocycles. The number of aliphatic imine (C=N–C) groups is 1. The number of aliphatic hydroxyl groups excluding tert-OH is 1. The van der Waals surface area contributed by atoms with Gasteiger partial charge in [-0.25, -0.2) is 4.99 Å². The van der Waals surface area contributed by atoms with Gasteiger partial charge < -0.3 is 14.6 Å². The van der Waals surface area contributed by atoms with Gasteiger partial charge in [0.15, 0.2) is 11.4 Å². The molecule has 1 N–H and O–H groups in total. The number of unbranched alkanes of at least 4 members (excludes halogenated alkanes) is 22. The standard InChI is InChI=1S/C40H73NO4/c1-3-5-7-9-11-13-15-17-19-21-23-25-27-29-31-33-38-41-40(35-42,36-44-38)37-45-39(43)34-32-30-28-26-24-22-20-18-16-14-12-10-8-6-4-2/h17-20,42H,3-16,21-37H2,1-2H3/b19-17?,20-18-. The van der Waals surface area contributed by atoms with Crippen LogP contribution in [0.2, 0.25) is 0 Å². The minimum atomic E-state index is -0.824. The molecular formula is C40H73NO4. The lowest BCUT2D eigenvalue weighted by molar-refractivity contribution is -0.146. The average Bonchev–Trinajstić information content (AvgIpc) is 3.47. The van der Waals surface area contributed by atoms with Crippen LogP contribution >= 0.6 is 0 Å². The van der Waals surface area contributed by atoms with Crippen molar-refractivity contribution in [3.63, 3.8) is 0 Å². The van der Waals surface area contributed by atoms with E-state index in [1.54, 1.807) is 0 Å². The Labute approximate surface area is 279 Å². The second-order valence-corrected chi connectivity index (χ2v) is 13.5. The summed E-state index contributed by atoms with van der Waals surface area (Å²) in [7, 11) is 0. The van der Waals surface area contributed by atoms with E-state index in [2.05, 4.69) is 43.1 Å². The fourth-order valence-corrected chi connectivity index (χ4v) is 5.85. The number of aliphatic hydroxyl groups is 1. The van der Waals surface area contributed by atoms with E-state index in [4.69, 9.17) is 9.47 Å². The molecule has 0 aromatic rings. The molecule has 1 atom stereocenters. The fraction of sp³-hybridized carbons (Fsp3) is 0.850. The van der Waals surface area contributed by atoms with E-state index < -0.39 is 5.54 Å². The molecule has 0 saturated carbocycles. The SMILES string of the molecule is CCCCCCCCC=CCCCCCCCC1=NC(CO)(COC(=O)CCCCCCC/C=C\CCCCCCCC)CO1. The Morgan fingerprint density at radius 2 is 1.09 bits per heavy atom. The third-order valence-electron chi connectivity index (χ3n) is 8.96. The molecule has 5 heteroatoms. The van der Waals surface area contributed by atoms with Crippen LogP contribution in [-0.4, -0.2) is 42.3 Å². The van der Waals surface area contributed by atoms with Gasteiger partial charge in [0.05, 0.1) is 6.61 Å². The topological polar surface area (TPSA) is 68.1 Å². The van der Waals surface area contributed by atoms with Gasteiger partial charge in [0.25, 0.3) is 0 Å². The van der Waals surface area contributed by atoms with Crippen LogP contribution in [0, 0.1) is 0 Å². The Bertz CT molecular complexity index is 761. The third-order valence-corrected chi connectivity index (χ3v) is 8.96. The Hall–Kier alpha value is -1.62. The maximum absolute atomic E-state index is 12.3. The summed E-state index contributed by atoms with van der Waals surface area (Å²) in [6.45, 7) is 4.77. The zero-order valence-corrected chi connectivity index (χ0v) is 29.8. The smallest absolute Gasteiger partial charge is 0.305 e. The summed E-state index contributed by atoms with van der Waals surface area (Å²) in [5.41, 5.74) is -0.824. The van der Waals surface area contributed by atoms with Gasteiger partial charge in [-0.05, 0) is 64.2 Å². The van der Waals surface area contributed by atoms with Crippen molar-refractivity contribution < 1.29 is 19.4 Å². The highest BCUT2D eigenvalue weighted by Crippen LogP contribution is 2.22. The average molecular weight is 632 g/mol. The molecule has 1 rings (SSSR count).